The monoisotopic (exact) mass is 236 g/mol. The summed E-state index contributed by atoms with van der Waals surface area (Å²) >= 11 is 0. The molecule has 0 amide bonds. The van der Waals surface area contributed by atoms with Gasteiger partial charge in [0.1, 0.15) is 0 Å². The number of hydrogen-bond donors (Lipinski definition) is 1. The van der Waals surface area contributed by atoms with Crippen molar-refractivity contribution in [2.45, 2.75) is 45.6 Å². The van der Waals surface area contributed by atoms with Crippen LogP contribution in [0.4, 0.5) is 0 Å². The van der Waals surface area contributed by atoms with Gasteiger partial charge in [-0.05, 0) is 38.3 Å². The molecule has 2 nitrogen and oxygen atoms in total. The van der Waals surface area contributed by atoms with Crippen LogP contribution in [0, 0.1) is 6.92 Å². The van der Waals surface area contributed by atoms with Crippen molar-refractivity contribution >= 4 is 0 Å². The fourth-order valence-electron chi connectivity index (χ4n) is 2.47. The van der Waals surface area contributed by atoms with Crippen LogP contribution in [0.25, 0.3) is 0 Å². The lowest BCUT2D eigenvalue weighted by Gasteiger charge is -2.35. The molecular formula is C15H24O2. The van der Waals surface area contributed by atoms with E-state index in [1.165, 1.54) is 11.1 Å². The molecule has 1 rings (SSSR count). The van der Waals surface area contributed by atoms with Crippen LogP contribution in [0.15, 0.2) is 24.3 Å². The van der Waals surface area contributed by atoms with Gasteiger partial charge in [-0.2, -0.15) is 0 Å². The lowest BCUT2D eigenvalue weighted by Crippen LogP contribution is -2.34. The first kappa shape index (κ1) is 14.2. The quantitative estimate of drug-likeness (QED) is 0.821. The van der Waals surface area contributed by atoms with Gasteiger partial charge in [-0.25, -0.2) is 0 Å². The summed E-state index contributed by atoms with van der Waals surface area (Å²) in [7, 11) is 0. The molecule has 96 valence electrons. The second kappa shape index (κ2) is 6.18. The molecule has 0 aliphatic heterocycles. The highest BCUT2D eigenvalue weighted by atomic mass is 16.5. The van der Waals surface area contributed by atoms with Gasteiger partial charge in [-0.15, -0.1) is 0 Å². The third-order valence-electron chi connectivity index (χ3n) is 3.38. The minimum absolute atomic E-state index is 0.0770. The summed E-state index contributed by atoms with van der Waals surface area (Å²) in [5, 5.41) is 8.88. The van der Waals surface area contributed by atoms with E-state index in [1.54, 1.807) is 0 Å². The Kier molecular flexibility index (Phi) is 5.16. The molecule has 0 bridgehead atoms. The van der Waals surface area contributed by atoms with Crippen molar-refractivity contribution in [3.63, 3.8) is 0 Å². The van der Waals surface area contributed by atoms with Crippen LogP contribution >= 0.6 is 0 Å². The number of benzene rings is 1. The maximum Gasteiger partial charge on any atom is 0.0705 e. The van der Waals surface area contributed by atoms with Crippen LogP contribution in [0.5, 0.6) is 0 Å². The number of ether oxygens (including phenoxy) is 1. The Hall–Kier alpha value is -0.860. The third-order valence-corrected chi connectivity index (χ3v) is 3.38. The third kappa shape index (κ3) is 3.55. The van der Waals surface area contributed by atoms with E-state index in [4.69, 9.17) is 9.84 Å². The van der Waals surface area contributed by atoms with Crippen LogP contribution < -0.4 is 0 Å². The Morgan fingerprint density at radius 2 is 1.94 bits per heavy atom. The van der Waals surface area contributed by atoms with Gasteiger partial charge in [0.05, 0.1) is 18.8 Å². The van der Waals surface area contributed by atoms with Crippen LogP contribution in [0.3, 0.4) is 0 Å². The maximum atomic E-state index is 8.88. The van der Waals surface area contributed by atoms with Gasteiger partial charge in [0.25, 0.3) is 0 Å². The molecule has 2 heteroatoms. The Labute approximate surface area is 105 Å². The van der Waals surface area contributed by atoms with Gasteiger partial charge >= 0.3 is 0 Å². The number of aliphatic hydroxyl groups is 1. The average Bonchev–Trinajstić information content (AvgIpc) is 2.30. The Balaban J connectivity index is 2.94. The molecule has 17 heavy (non-hydrogen) atoms. The topological polar surface area (TPSA) is 29.5 Å². The van der Waals surface area contributed by atoms with Crippen molar-refractivity contribution in [3.8, 4) is 0 Å². The highest BCUT2D eigenvalue weighted by Crippen LogP contribution is 2.35. The molecule has 1 aromatic rings. The average molecular weight is 236 g/mol. The Morgan fingerprint density at radius 3 is 2.47 bits per heavy atom. The van der Waals surface area contributed by atoms with Gasteiger partial charge < -0.3 is 9.84 Å². The summed E-state index contributed by atoms with van der Waals surface area (Å²) in [5.41, 5.74) is 2.40. The molecule has 1 unspecified atom stereocenters. The number of hydrogen-bond acceptors (Lipinski definition) is 2. The first-order valence-corrected chi connectivity index (χ1v) is 6.33. The van der Waals surface area contributed by atoms with Gasteiger partial charge in [-0.1, -0.05) is 31.2 Å². The van der Waals surface area contributed by atoms with Crippen LogP contribution in [0.2, 0.25) is 0 Å². The molecule has 0 radical (unpaired) electrons. The summed E-state index contributed by atoms with van der Waals surface area (Å²) in [4.78, 5) is 0. The van der Waals surface area contributed by atoms with Gasteiger partial charge in [0.2, 0.25) is 0 Å². The SMILES string of the molecule is CCC(c1ccccc1C)C(C)(C)OCCO. The molecule has 1 aromatic carbocycles. The van der Waals surface area contributed by atoms with E-state index in [0.29, 0.717) is 12.5 Å². The minimum atomic E-state index is -0.246. The summed E-state index contributed by atoms with van der Waals surface area (Å²) in [5.74, 6) is 0.357. The summed E-state index contributed by atoms with van der Waals surface area (Å²) in [6.45, 7) is 9.00. The molecule has 0 saturated heterocycles. The second-order valence-electron chi connectivity index (χ2n) is 4.99. The van der Waals surface area contributed by atoms with Crippen LogP contribution in [0.1, 0.15) is 44.2 Å². The molecule has 0 heterocycles. The number of rotatable bonds is 6. The fraction of sp³-hybridized carbons (Fsp3) is 0.600. The number of aryl methyl sites for hydroxylation is 1. The van der Waals surface area contributed by atoms with Crippen molar-refractivity contribution in [3.05, 3.63) is 35.4 Å². The van der Waals surface area contributed by atoms with Crippen LogP contribution in [-0.2, 0) is 4.74 Å². The standard InChI is InChI=1S/C15H24O2/c1-5-14(15(3,4)17-11-10-16)13-9-7-6-8-12(13)2/h6-9,14,16H,5,10-11H2,1-4H3. The minimum Gasteiger partial charge on any atom is -0.394 e. The normalized spacial score (nSPS) is 13.7. The van der Waals surface area contributed by atoms with E-state index < -0.39 is 0 Å². The van der Waals surface area contributed by atoms with E-state index in [1.807, 2.05) is 0 Å². The highest BCUT2D eigenvalue weighted by Gasteiger charge is 2.30. The predicted octanol–water partition coefficient (Wildman–Crippen LogP) is 3.28. The highest BCUT2D eigenvalue weighted by molar-refractivity contribution is 5.31. The van der Waals surface area contributed by atoms with Crippen LogP contribution in [-0.4, -0.2) is 23.9 Å². The van der Waals surface area contributed by atoms with Gasteiger partial charge in [0.15, 0.2) is 0 Å². The first-order chi connectivity index (χ1) is 8.03. The fourth-order valence-corrected chi connectivity index (χ4v) is 2.47. The van der Waals surface area contributed by atoms with Crippen molar-refractivity contribution in [2.24, 2.45) is 0 Å². The first-order valence-electron chi connectivity index (χ1n) is 6.33. The molecular weight excluding hydrogens is 212 g/mol. The van der Waals surface area contributed by atoms with E-state index >= 15 is 0 Å². The number of aliphatic hydroxyl groups excluding tert-OH is 1. The van der Waals surface area contributed by atoms with Crippen molar-refractivity contribution in [2.75, 3.05) is 13.2 Å². The largest absolute Gasteiger partial charge is 0.394 e. The van der Waals surface area contributed by atoms with Crippen molar-refractivity contribution in [1.29, 1.82) is 0 Å². The molecule has 0 aliphatic rings. The van der Waals surface area contributed by atoms with Crippen molar-refractivity contribution < 1.29 is 9.84 Å². The summed E-state index contributed by atoms with van der Waals surface area (Å²) < 4.78 is 5.79. The molecule has 0 saturated carbocycles. The van der Waals surface area contributed by atoms with E-state index in [2.05, 4.69) is 52.0 Å². The van der Waals surface area contributed by atoms with Gasteiger partial charge in [-0.3, -0.25) is 0 Å². The summed E-state index contributed by atoms with van der Waals surface area (Å²) in [6, 6.07) is 8.45. The second-order valence-corrected chi connectivity index (χ2v) is 4.99. The molecule has 0 spiro atoms. The lowest BCUT2D eigenvalue weighted by atomic mass is 9.80. The van der Waals surface area contributed by atoms with Gasteiger partial charge in [0, 0.05) is 5.92 Å². The van der Waals surface area contributed by atoms with E-state index in [-0.39, 0.29) is 12.2 Å². The van der Waals surface area contributed by atoms with Crippen molar-refractivity contribution in [1.82, 2.24) is 0 Å². The zero-order valence-electron chi connectivity index (χ0n) is 11.4. The lowest BCUT2D eigenvalue weighted by molar-refractivity contribution is -0.0517. The predicted molar refractivity (Wildman–Crippen MR) is 71.3 cm³/mol. The molecule has 1 atom stereocenters. The van der Waals surface area contributed by atoms with E-state index in [9.17, 15) is 0 Å². The molecule has 1 N–H and O–H groups in total. The van der Waals surface area contributed by atoms with E-state index in [0.717, 1.165) is 6.42 Å². The zero-order valence-corrected chi connectivity index (χ0v) is 11.4. The maximum absolute atomic E-state index is 8.88. The smallest absolute Gasteiger partial charge is 0.0705 e. The molecule has 0 fully saturated rings. The Morgan fingerprint density at radius 1 is 1.29 bits per heavy atom. The zero-order chi connectivity index (χ0) is 12.9. The molecule has 0 aliphatic carbocycles. The molecule has 0 aromatic heterocycles. The summed E-state index contributed by atoms with van der Waals surface area (Å²) in [6.07, 6.45) is 1.03. The Bertz CT molecular complexity index is 345.